The zero-order valence-corrected chi connectivity index (χ0v) is 18.9. The Balaban J connectivity index is 2.32. The van der Waals surface area contributed by atoms with Crippen molar-refractivity contribution in [3.63, 3.8) is 0 Å². The second-order valence-corrected chi connectivity index (χ2v) is 10.5. The van der Waals surface area contributed by atoms with Gasteiger partial charge in [0.2, 0.25) is 0 Å². The van der Waals surface area contributed by atoms with Crippen molar-refractivity contribution in [3.8, 4) is 0 Å². The summed E-state index contributed by atoms with van der Waals surface area (Å²) in [5.74, 6) is 0.103. The van der Waals surface area contributed by atoms with Gasteiger partial charge >= 0.3 is 0 Å². The van der Waals surface area contributed by atoms with E-state index in [0.717, 1.165) is 0 Å². The van der Waals surface area contributed by atoms with E-state index in [0.29, 0.717) is 5.78 Å². The molecule has 2 aromatic carbocycles. The standard InChI is InChI=1S/C28H34O/c1-26(2,3)23-18-21(20-14-10-8-11-15-20)19-28(7,22-16-12-9-13-17-22)24(23)25(29)27(4,5)6/h8-19,24H,1-7H3. The fourth-order valence-corrected chi connectivity index (χ4v) is 4.36. The van der Waals surface area contributed by atoms with Gasteiger partial charge in [-0.15, -0.1) is 0 Å². The topological polar surface area (TPSA) is 17.1 Å². The Hall–Kier alpha value is -2.41. The van der Waals surface area contributed by atoms with Crippen LogP contribution in [-0.2, 0) is 10.2 Å². The summed E-state index contributed by atoms with van der Waals surface area (Å²) in [4.78, 5) is 13.8. The highest BCUT2D eigenvalue weighted by Crippen LogP contribution is 2.51. The summed E-state index contributed by atoms with van der Waals surface area (Å²) in [5.41, 5.74) is 3.85. The molecule has 152 valence electrons. The molecule has 0 aliphatic heterocycles. The van der Waals surface area contributed by atoms with Crippen LogP contribution in [-0.4, -0.2) is 5.78 Å². The van der Waals surface area contributed by atoms with Gasteiger partial charge in [0.15, 0.2) is 0 Å². The van der Waals surface area contributed by atoms with Gasteiger partial charge < -0.3 is 0 Å². The molecule has 1 nitrogen and oxygen atoms in total. The molecule has 2 atom stereocenters. The van der Waals surface area contributed by atoms with Gasteiger partial charge in [0.05, 0.1) is 5.92 Å². The van der Waals surface area contributed by atoms with Crippen LogP contribution in [0, 0.1) is 16.7 Å². The molecule has 0 amide bonds. The second kappa shape index (κ2) is 7.44. The molecule has 1 aliphatic carbocycles. The molecule has 0 spiro atoms. The number of hydrogen-bond donors (Lipinski definition) is 0. The number of ketones is 1. The number of allylic oxidation sites excluding steroid dienone is 4. The summed E-state index contributed by atoms with van der Waals surface area (Å²) in [7, 11) is 0. The van der Waals surface area contributed by atoms with Gasteiger partial charge in [-0.2, -0.15) is 0 Å². The maximum absolute atomic E-state index is 13.8. The molecule has 0 saturated heterocycles. The summed E-state index contributed by atoms with van der Waals surface area (Å²) in [6.45, 7) is 15.0. The summed E-state index contributed by atoms with van der Waals surface area (Å²) < 4.78 is 0. The van der Waals surface area contributed by atoms with E-state index in [-0.39, 0.29) is 11.3 Å². The average Bonchev–Trinajstić information content (AvgIpc) is 2.67. The quantitative estimate of drug-likeness (QED) is 0.543. The van der Waals surface area contributed by atoms with Crippen LogP contribution in [0.5, 0.6) is 0 Å². The van der Waals surface area contributed by atoms with E-state index in [1.54, 1.807) is 0 Å². The maximum Gasteiger partial charge on any atom is 0.146 e. The molecule has 0 saturated carbocycles. The first kappa shape index (κ1) is 21.3. The summed E-state index contributed by atoms with van der Waals surface area (Å²) in [6.07, 6.45) is 4.59. The van der Waals surface area contributed by atoms with Crippen LogP contribution in [0.2, 0.25) is 0 Å². The fourth-order valence-electron chi connectivity index (χ4n) is 4.36. The minimum absolute atomic E-state index is 0.115. The monoisotopic (exact) mass is 386 g/mol. The van der Waals surface area contributed by atoms with Gasteiger partial charge in [0, 0.05) is 10.8 Å². The lowest BCUT2D eigenvalue weighted by Crippen LogP contribution is -2.46. The molecule has 3 rings (SSSR count). The lowest BCUT2D eigenvalue weighted by atomic mass is 9.56. The van der Waals surface area contributed by atoms with E-state index in [2.05, 4.69) is 88.4 Å². The Labute approximate surface area is 176 Å². The number of Topliss-reactive ketones (excluding diaryl/α,β-unsaturated/α-hetero) is 1. The molecular formula is C28H34O. The molecular weight excluding hydrogens is 352 g/mol. The molecule has 29 heavy (non-hydrogen) atoms. The van der Waals surface area contributed by atoms with Crippen LogP contribution in [0.4, 0.5) is 0 Å². The van der Waals surface area contributed by atoms with Crippen molar-refractivity contribution in [1.29, 1.82) is 0 Å². The van der Waals surface area contributed by atoms with Crippen LogP contribution in [0.1, 0.15) is 59.6 Å². The van der Waals surface area contributed by atoms with E-state index in [1.807, 2.05) is 32.9 Å². The SMILES string of the molecule is CC(C)(C)C(=O)C1C(C(C)(C)C)=CC(c2ccccc2)=CC1(C)c1ccccc1. The number of hydrogen-bond acceptors (Lipinski definition) is 1. The lowest BCUT2D eigenvalue weighted by Gasteiger charge is -2.46. The van der Waals surface area contributed by atoms with Crippen molar-refractivity contribution in [2.24, 2.45) is 16.7 Å². The van der Waals surface area contributed by atoms with Crippen LogP contribution >= 0.6 is 0 Å². The minimum Gasteiger partial charge on any atom is -0.298 e. The first-order valence-electron chi connectivity index (χ1n) is 10.5. The third kappa shape index (κ3) is 4.15. The van der Waals surface area contributed by atoms with E-state index < -0.39 is 10.8 Å². The Morgan fingerprint density at radius 3 is 1.83 bits per heavy atom. The number of carbonyl (C=O) groups excluding carboxylic acids is 1. The minimum atomic E-state index is -0.414. The van der Waals surface area contributed by atoms with Gasteiger partial charge in [0.25, 0.3) is 0 Å². The van der Waals surface area contributed by atoms with Crippen molar-refractivity contribution >= 4 is 11.4 Å². The molecule has 1 aliphatic rings. The number of carbonyl (C=O) groups is 1. The van der Waals surface area contributed by atoms with Crippen molar-refractivity contribution in [2.75, 3.05) is 0 Å². The predicted molar refractivity (Wildman–Crippen MR) is 124 cm³/mol. The van der Waals surface area contributed by atoms with E-state index >= 15 is 0 Å². The number of benzene rings is 2. The highest BCUT2D eigenvalue weighted by Gasteiger charge is 2.48. The first-order chi connectivity index (χ1) is 13.4. The Morgan fingerprint density at radius 1 is 0.828 bits per heavy atom. The van der Waals surface area contributed by atoms with Crippen molar-refractivity contribution in [3.05, 3.63) is 89.5 Å². The maximum atomic E-state index is 13.8. The van der Waals surface area contributed by atoms with Crippen molar-refractivity contribution < 1.29 is 4.79 Å². The van der Waals surface area contributed by atoms with E-state index in [1.165, 1.54) is 22.3 Å². The normalized spacial score (nSPS) is 22.7. The van der Waals surface area contributed by atoms with Crippen LogP contribution in [0.25, 0.3) is 5.57 Å². The zero-order chi connectivity index (χ0) is 21.4. The Bertz CT molecular complexity index is 933. The predicted octanol–water partition coefficient (Wildman–Crippen LogP) is 7.25. The van der Waals surface area contributed by atoms with Gasteiger partial charge in [0.1, 0.15) is 5.78 Å². The smallest absolute Gasteiger partial charge is 0.146 e. The van der Waals surface area contributed by atoms with E-state index in [4.69, 9.17) is 0 Å². The highest BCUT2D eigenvalue weighted by molar-refractivity contribution is 5.93. The van der Waals surface area contributed by atoms with Crippen LogP contribution < -0.4 is 0 Å². The third-order valence-corrected chi connectivity index (χ3v) is 6.05. The average molecular weight is 387 g/mol. The second-order valence-electron chi connectivity index (χ2n) is 10.5. The summed E-state index contributed by atoms with van der Waals surface area (Å²) >= 11 is 0. The van der Waals surface area contributed by atoms with Crippen molar-refractivity contribution in [2.45, 2.75) is 53.9 Å². The van der Waals surface area contributed by atoms with E-state index in [9.17, 15) is 4.79 Å². The van der Waals surface area contributed by atoms with Crippen LogP contribution in [0.15, 0.2) is 78.4 Å². The fraction of sp³-hybridized carbons (Fsp3) is 0.393. The summed E-state index contributed by atoms with van der Waals surface area (Å²) in [6, 6.07) is 21.0. The summed E-state index contributed by atoms with van der Waals surface area (Å²) in [5, 5.41) is 0. The van der Waals surface area contributed by atoms with Crippen molar-refractivity contribution in [1.82, 2.24) is 0 Å². The Kier molecular flexibility index (Phi) is 5.47. The largest absolute Gasteiger partial charge is 0.298 e. The van der Waals surface area contributed by atoms with Gasteiger partial charge in [-0.1, -0.05) is 127 Å². The zero-order valence-electron chi connectivity index (χ0n) is 18.9. The molecule has 1 heteroatoms. The highest BCUT2D eigenvalue weighted by atomic mass is 16.1. The lowest BCUT2D eigenvalue weighted by molar-refractivity contribution is -0.131. The first-order valence-corrected chi connectivity index (χ1v) is 10.5. The van der Waals surface area contributed by atoms with Gasteiger partial charge in [-0.05, 0) is 22.1 Å². The number of rotatable bonds is 3. The Morgan fingerprint density at radius 2 is 1.34 bits per heavy atom. The molecule has 2 unspecified atom stereocenters. The molecule has 0 heterocycles. The van der Waals surface area contributed by atoms with Crippen LogP contribution in [0.3, 0.4) is 0 Å². The molecule has 0 fully saturated rings. The molecule has 0 bridgehead atoms. The third-order valence-electron chi connectivity index (χ3n) is 6.05. The van der Waals surface area contributed by atoms with Gasteiger partial charge in [-0.3, -0.25) is 4.79 Å². The van der Waals surface area contributed by atoms with Gasteiger partial charge in [-0.25, -0.2) is 0 Å². The molecule has 0 N–H and O–H groups in total. The molecule has 0 radical (unpaired) electrons. The molecule has 0 aromatic heterocycles. The molecule has 2 aromatic rings.